The molecule has 0 amide bonds. The second-order valence-corrected chi connectivity index (χ2v) is 16.4. The zero-order valence-electron chi connectivity index (χ0n) is 28.9. The van der Waals surface area contributed by atoms with Crippen molar-refractivity contribution in [3.63, 3.8) is 0 Å². The zero-order valence-corrected chi connectivity index (χ0v) is 29.7. The van der Waals surface area contributed by atoms with Crippen molar-refractivity contribution in [1.29, 1.82) is 0 Å². The highest BCUT2D eigenvalue weighted by Gasteiger charge is 2.65. The van der Waals surface area contributed by atoms with Crippen molar-refractivity contribution >= 4 is 17.7 Å². The second-order valence-electron chi connectivity index (χ2n) is 15.3. The molecule has 1 spiro atoms. The monoisotopic (exact) mass is 687 g/mol. The number of phenols is 2. The number of likely N-dealkylation sites (N-methyl/N-ethyl adjacent to an activating group) is 1. The third-order valence-corrected chi connectivity index (χ3v) is 14.7. The number of ether oxygens (including phenoxy) is 3. The number of aliphatic hydroxyl groups is 1. The number of benzene rings is 2. The van der Waals surface area contributed by atoms with Crippen molar-refractivity contribution in [1.82, 2.24) is 15.1 Å². The number of phenolic OH excluding ortho intramolecular Hbond substituents is 2. The molecular formula is C38H45N3O7S. The number of piperazine rings is 1. The van der Waals surface area contributed by atoms with E-state index in [0.717, 1.165) is 50.5 Å². The van der Waals surface area contributed by atoms with Gasteiger partial charge in [-0.05, 0) is 106 Å². The van der Waals surface area contributed by atoms with Crippen molar-refractivity contribution in [2.75, 3.05) is 32.7 Å². The highest BCUT2D eigenvalue weighted by atomic mass is 32.2. The molecule has 260 valence electrons. The fourth-order valence-electron chi connectivity index (χ4n) is 10.4. The SMILES string of the molecule is CC1=C(C)C2C(C3=C1OCO3)[C@@H]1COC(=O)[C@@]3(CS[C@H]2[C@H]2C4c5c(cc(C)c(C)c5O)CC([C@H](O)N21)N4C)NCCc1cc(O)c(C)cc13. The molecule has 9 atom stereocenters. The Hall–Kier alpha value is -3.22. The largest absolute Gasteiger partial charge is 0.508 e. The molecule has 2 aromatic rings. The van der Waals surface area contributed by atoms with Crippen LogP contribution in [0.25, 0.3) is 0 Å². The fourth-order valence-corrected chi connectivity index (χ4v) is 12.3. The highest BCUT2D eigenvalue weighted by molar-refractivity contribution is 8.00. The molecule has 4 N–H and O–H groups in total. The van der Waals surface area contributed by atoms with E-state index in [1.165, 1.54) is 5.57 Å². The summed E-state index contributed by atoms with van der Waals surface area (Å²) in [5.74, 6) is 1.95. The van der Waals surface area contributed by atoms with Gasteiger partial charge in [0, 0.05) is 41.0 Å². The quantitative estimate of drug-likeness (QED) is 0.303. The van der Waals surface area contributed by atoms with Gasteiger partial charge >= 0.3 is 5.97 Å². The van der Waals surface area contributed by atoms with Crippen molar-refractivity contribution in [3.05, 3.63) is 79.8 Å². The first-order valence-electron chi connectivity index (χ1n) is 17.5. The van der Waals surface area contributed by atoms with E-state index >= 15 is 0 Å². The van der Waals surface area contributed by atoms with Gasteiger partial charge in [-0.25, -0.2) is 4.79 Å². The van der Waals surface area contributed by atoms with E-state index in [2.05, 4.69) is 42.1 Å². The summed E-state index contributed by atoms with van der Waals surface area (Å²) in [4.78, 5) is 19.1. The van der Waals surface area contributed by atoms with E-state index in [9.17, 15) is 20.1 Å². The van der Waals surface area contributed by atoms with Gasteiger partial charge in [0.1, 0.15) is 30.1 Å². The number of hydrogen-bond acceptors (Lipinski definition) is 11. The minimum absolute atomic E-state index is 0.00798. The summed E-state index contributed by atoms with van der Waals surface area (Å²) < 4.78 is 18.8. The molecular weight excluding hydrogens is 642 g/mol. The van der Waals surface area contributed by atoms with Crippen LogP contribution in [0.2, 0.25) is 0 Å². The van der Waals surface area contributed by atoms with Crippen molar-refractivity contribution in [3.8, 4) is 11.5 Å². The van der Waals surface area contributed by atoms with Gasteiger partial charge in [-0.1, -0.05) is 11.6 Å². The molecule has 1 aliphatic carbocycles. The number of aliphatic hydroxyl groups excluding tert-OH is 1. The molecule has 7 aliphatic heterocycles. The molecule has 4 bridgehead atoms. The Bertz CT molecular complexity index is 1880. The van der Waals surface area contributed by atoms with E-state index in [1.54, 1.807) is 17.8 Å². The maximum atomic E-state index is 14.6. The Kier molecular flexibility index (Phi) is 7.05. The van der Waals surface area contributed by atoms with Crippen LogP contribution in [0.3, 0.4) is 0 Å². The number of thioether (sulfide) groups is 1. The van der Waals surface area contributed by atoms with Crippen LogP contribution in [0.4, 0.5) is 0 Å². The number of aryl methyl sites for hydroxylation is 2. The number of carbonyl (C=O) groups is 1. The van der Waals surface area contributed by atoms with E-state index in [1.807, 2.05) is 26.8 Å². The average Bonchev–Trinajstić information content (AvgIpc) is 3.57. The number of piperidine rings is 1. The lowest BCUT2D eigenvalue weighted by Gasteiger charge is -2.65. The van der Waals surface area contributed by atoms with E-state index in [-0.39, 0.29) is 60.3 Å². The maximum absolute atomic E-state index is 14.6. The summed E-state index contributed by atoms with van der Waals surface area (Å²) in [7, 11) is 2.08. The van der Waals surface area contributed by atoms with Gasteiger partial charge in [-0.15, -0.1) is 0 Å². The summed E-state index contributed by atoms with van der Waals surface area (Å²) in [5, 5.41) is 38.5. The Labute approximate surface area is 291 Å². The molecule has 0 aromatic heterocycles. The molecule has 4 saturated heterocycles. The minimum Gasteiger partial charge on any atom is -0.508 e. The number of hydrogen-bond donors (Lipinski definition) is 4. The van der Waals surface area contributed by atoms with Gasteiger partial charge in [0.2, 0.25) is 6.79 Å². The molecule has 2 aromatic carbocycles. The first kappa shape index (κ1) is 31.7. The van der Waals surface area contributed by atoms with Crippen LogP contribution in [0.1, 0.15) is 58.8 Å². The van der Waals surface area contributed by atoms with Gasteiger partial charge in [0.05, 0.1) is 18.1 Å². The predicted octanol–water partition coefficient (Wildman–Crippen LogP) is 3.80. The number of fused-ring (bicyclic) bond motifs is 8. The summed E-state index contributed by atoms with van der Waals surface area (Å²) >= 11 is 1.75. The van der Waals surface area contributed by atoms with Gasteiger partial charge in [-0.2, -0.15) is 11.8 Å². The van der Waals surface area contributed by atoms with Crippen LogP contribution in [0, 0.1) is 32.6 Å². The molecule has 10 rings (SSSR count). The Morgan fingerprint density at radius 1 is 0.980 bits per heavy atom. The van der Waals surface area contributed by atoms with E-state index < -0.39 is 17.8 Å². The third kappa shape index (κ3) is 4.14. The van der Waals surface area contributed by atoms with Crippen LogP contribution in [0.5, 0.6) is 11.5 Å². The lowest BCUT2D eigenvalue weighted by Crippen LogP contribution is -2.76. The number of carbonyl (C=O) groups excluding carboxylic acids is 1. The number of esters is 1. The lowest BCUT2D eigenvalue weighted by molar-refractivity contribution is -0.204. The van der Waals surface area contributed by atoms with E-state index in [0.29, 0.717) is 36.5 Å². The Morgan fingerprint density at radius 3 is 2.57 bits per heavy atom. The minimum atomic E-state index is -1.12. The smallest absolute Gasteiger partial charge is 0.331 e. The molecule has 4 unspecified atom stereocenters. The second kappa shape index (κ2) is 10.9. The standard InChI is InChI=1S/C38H45N3O7S/c1-16-9-22-11-24-36(44)41-25-13-46-37(45)38(23-10-17(2)26(42)12-21(23)7-8-39-38)14-49-35(31(41)30(40(24)6)28(22)32(43)18(16)3)27-19(4)20(5)33-34(29(25)27)48-15-47-33/h9-10,12,24-25,27,29-31,35-36,39,42-44H,7-8,11,13-15H2,1-6H3/t24?,25-,27?,29?,30?,31+,35+,36-,38-/m0/s1. The maximum Gasteiger partial charge on any atom is 0.331 e. The highest BCUT2D eigenvalue weighted by Crippen LogP contribution is 2.60. The van der Waals surface area contributed by atoms with Crippen LogP contribution >= 0.6 is 11.8 Å². The van der Waals surface area contributed by atoms with Gasteiger partial charge < -0.3 is 29.5 Å². The molecule has 4 fully saturated rings. The molecule has 8 aliphatic rings. The molecule has 0 saturated carbocycles. The number of rotatable bonds is 0. The number of allylic oxidation sites excluding steroid dienone is 2. The average molecular weight is 688 g/mol. The fraction of sp³-hybridized carbons (Fsp3) is 0.553. The van der Waals surface area contributed by atoms with Crippen LogP contribution in [-0.4, -0.2) is 93.4 Å². The van der Waals surface area contributed by atoms with Crippen LogP contribution < -0.4 is 5.32 Å². The predicted molar refractivity (Wildman–Crippen MR) is 184 cm³/mol. The summed E-state index contributed by atoms with van der Waals surface area (Å²) in [5.41, 5.74) is 7.65. The van der Waals surface area contributed by atoms with Crippen LogP contribution in [0.15, 0.2) is 40.9 Å². The van der Waals surface area contributed by atoms with Crippen molar-refractivity contribution in [2.24, 2.45) is 11.8 Å². The number of nitrogens with zero attached hydrogens (tertiary/aromatic N) is 2. The van der Waals surface area contributed by atoms with E-state index in [4.69, 9.17) is 14.2 Å². The van der Waals surface area contributed by atoms with Crippen molar-refractivity contribution in [2.45, 2.75) is 88.6 Å². The molecule has 7 heterocycles. The first-order chi connectivity index (χ1) is 23.4. The summed E-state index contributed by atoms with van der Waals surface area (Å²) in [6.45, 7) is 10.9. The Morgan fingerprint density at radius 2 is 1.78 bits per heavy atom. The van der Waals surface area contributed by atoms with Crippen molar-refractivity contribution < 1.29 is 34.3 Å². The van der Waals surface area contributed by atoms with Gasteiger partial charge in [-0.3, -0.25) is 15.1 Å². The topological polar surface area (TPSA) is 124 Å². The van der Waals surface area contributed by atoms with Gasteiger partial charge in [0.25, 0.3) is 0 Å². The molecule has 10 nitrogen and oxygen atoms in total. The molecule has 11 heteroatoms. The normalized spacial score (nSPS) is 36.7. The molecule has 49 heavy (non-hydrogen) atoms. The number of nitrogens with one attached hydrogen (secondary N) is 1. The first-order valence-corrected chi connectivity index (χ1v) is 18.5. The summed E-state index contributed by atoms with van der Waals surface area (Å²) in [6, 6.07) is 4.87. The Balaban J connectivity index is 1.26. The summed E-state index contributed by atoms with van der Waals surface area (Å²) in [6.07, 6.45) is 0.448. The van der Waals surface area contributed by atoms with Gasteiger partial charge in [0.15, 0.2) is 11.3 Å². The number of aromatic hydroxyl groups is 2. The molecule has 0 radical (unpaired) electrons. The zero-order chi connectivity index (χ0) is 34.3. The lowest BCUT2D eigenvalue weighted by atomic mass is 9.64. The van der Waals surface area contributed by atoms with Crippen LogP contribution in [-0.2, 0) is 37.4 Å². The third-order valence-electron chi connectivity index (χ3n) is 13.1.